The summed E-state index contributed by atoms with van der Waals surface area (Å²) in [5, 5.41) is 11.3. The van der Waals surface area contributed by atoms with Crippen molar-refractivity contribution < 1.29 is 9.90 Å². The van der Waals surface area contributed by atoms with Crippen molar-refractivity contribution in [3.8, 4) is 0 Å². The van der Waals surface area contributed by atoms with Gasteiger partial charge in [-0.3, -0.25) is 4.99 Å². The molecule has 0 aromatic rings. The molecule has 0 fully saturated rings. The number of carboxylic acids is 1. The zero-order valence-corrected chi connectivity index (χ0v) is 7.02. The number of rotatable bonds is 1. The van der Waals surface area contributed by atoms with Gasteiger partial charge in [0.05, 0.1) is 5.84 Å². The molecule has 0 aliphatic carbocycles. The molecule has 0 saturated carbocycles. The molecule has 0 amide bonds. The van der Waals surface area contributed by atoms with Gasteiger partial charge < -0.3 is 10.4 Å². The Labute approximate surface area is 71.1 Å². The Morgan fingerprint density at radius 2 is 2.45 bits per heavy atom. The molecule has 1 unspecified atom stereocenters. The molecule has 1 aliphatic rings. The average molecular weight is 179 g/mol. The van der Waals surface area contributed by atoms with E-state index in [2.05, 4.69) is 10.3 Å². The van der Waals surface area contributed by atoms with Crippen molar-refractivity contribution in [2.24, 2.45) is 4.99 Å². The molecule has 0 aromatic carbocycles. The predicted octanol–water partition coefficient (Wildman–Crippen LogP) is 0.273. The van der Waals surface area contributed by atoms with Crippen LogP contribution >= 0.6 is 12.4 Å². The fourth-order valence-corrected chi connectivity index (χ4v) is 0.917. The summed E-state index contributed by atoms with van der Waals surface area (Å²) in [6, 6.07) is -0.433. The Morgan fingerprint density at radius 3 is 2.82 bits per heavy atom. The molecule has 1 aliphatic heterocycles. The quantitative estimate of drug-likeness (QED) is 0.606. The number of halogens is 1. The van der Waals surface area contributed by atoms with Crippen LogP contribution in [0.15, 0.2) is 4.99 Å². The summed E-state index contributed by atoms with van der Waals surface area (Å²) < 4.78 is 0. The highest BCUT2D eigenvalue weighted by molar-refractivity contribution is 5.86. The first-order valence-corrected chi connectivity index (χ1v) is 3.20. The van der Waals surface area contributed by atoms with Crippen molar-refractivity contribution in [1.82, 2.24) is 5.32 Å². The number of carboxylic acid groups (broad SMARTS) is 1. The smallest absolute Gasteiger partial charge is 0.326 e. The molecule has 5 heteroatoms. The monoisotopic (exact) mass is 178 g/mol. The van der Waals surface area contributed by atoms with E-state index in [9.17, 15) is 4.79 Å². The Kier molecular flexibility index (Phi) is 3.89. The van der Waals surface area contributed by atoms with E-state index in [0.717, 1.165) is 5.84 Å². The minimum atomic E-state index is -0.797. The number of amidine groups is 1. The van der Waals surface area contributed by atoms with E-state index in [0.29, 0.717) is 13.0 Å². The molecule has 4 nitrogen and oxygen atoms in total. The summed E-state index contributed by atoms with van der Waals surface area (Å²) in [5.74, 6) is -0.0760. The van der Waals surface area contributed by atoms with E-state index in [1.54, 1.807) is 6.92 Å². The summed E-state index contributed by atoms with van der Waals surface area (Å²) in [5.41, 5.74) is 0. The molecular formula is C6H11ClN2O2. The third-order valence-electron chi connectivity index (χ3n) is 1.45. The second-order valence-electron chi connectivity index (χ2n) is 2.29. The number of nitrogens with one attached hydrogen (secondary N) is 1. The van der Waals surface area contributed by atoms with E-state index < -0.39 is 12.0 Å². The zero-order chi connectivity index (χ0) is 7.56. The van der Waals surface area contributed by atoms with Gasteiger partial charge >= 0.3 is 5.97 Å². The molecule has 1 heterocycles. The molecule has 0 bridgehead atoms. The summed E-state index contributed by atoms with van der Waals surface area (Å²) in [7, 11) is 0. The van der Waals surface area contributed by atoms with E-state index >= 15 is 0 Å². The SMILES string of the molecule is CC1=NCCC(C(=O)O)N1.Cl. The van der Waals surface area contributed by atoms with Gasteiger partial charge in [0, 0.05) is 6.54 Å². The van der Waals surface area contributed by atoms with Gasteiger partial charge in [-0.2, -0.15) is 0 Å². The van der Waals surface area contributed by atoms with Gasteiger partial charge in [-0.15, -0.1) is 12.4 Å². The van der Waals surface area contributed by atoms with Gasteiger partial charge in [0.25, 0.3) is 0 Å². The van der Waals surface area contributed by atoms with Crippen LogP contribution in [0, 0.1) is 0 Å². The summed E-state index contributed by atoms with van der Waals surface area (Å²) in [6.45, 7) is 2.39. The van der Waals surface area contributed by atoms with Crippen LogP contribution in [-0.2, 0) is 4.79 Å². The topological polar surface area (TPSA) is 61.7 Å². The normalized spacial score (nSPS) is 22.6. The Balaban J connectivity index is 0.000001000. The number of aliphatic carboxylic acids is 1. The largest absolute Gasteiger partial charge is 0.480 e. The lowest BCUT2D eigenvalue weighted by Gasteiger charge is -2.18. The molecule has 0 radical (unpaired) electrons. The lowest BCUT2D eigenvalue weighted by Crippen LogP contribution is -2.42. The molecule has 0 spiro atoms. The first-order chi connectivity index (χ1) is 4.70. The van der Waals surface area contributed by atoms with Crippen LogP contribution in [0.3, 0.4) is 0 Å². The van der Waals surface area contributed by atoms with Crippen LogP contribution in [-0.4, -0.2) is 29.5 Å². The van der Waals surface area contributed by atoms with Crippen LogP contribution < -0.4 is 5.32 Å². The van der Waals surface area contributed by atoms with E-state index in [1.165, 1.54) is 0 Å². The minimum absolute atomic E-state index is 0. The Hall–Kier alpha value is -0.770. The van der Waals surface area contributed by atoms with Crippen molar-refractivity contribution in [2.45, 2.75) is 19.4 Å². The molecule has 2 N–H and O–H groups in total. The van der Waals surface area contributed by atoms with Crippen molar-refractivity contribution in [3.63, 3.8) is 0 Å². The molecular weight excluding hydrogens is 168 g/mol. The highest BCUT2D eigenvalue weighted by atomic mass is 35.5. The lowest BCUT2D eigenvalue weighted by atomic mass is 10.2. The number of hydrogen-bond acceptors (Lipinski definition) is 3. The molecule has 64 valence electrons. The molecule has 11 heavy (non-hydrogen) atoms. The van der Waals surface area contributed by atoms with E-state index in [-0.39, 0.29) is 12.4 Å². The standard InChI is InChI=1S/C6H10N2O2.ClH/c1-4-7-3-2-5(8-4)6(9)10;/h5H,2-3H2,1H3,(H,7,8)(H,9,10);1H. The average Bonchev–Trinajstić information content (AvgIpc) is 1.88. The van der Waals surface area contributed by atoms with E-state index in [1.807, 2.05) is 0 Å². The zero-order valence-electron chi connectivity index (χ0n) is 6.20. The van der Waals surface area contributed by atoms with Crippen LogP contribution in [0.4, 0.5) is 0 Å². The van der Waals surface area contributed by atoms with Crippen LogP contribution in [0.25, 0.3) is 0 Å². The fraction of sp³-hybridized carbons (Fsp3) is 0.667. The third kappa shape index (κ3) is 2.76. The summed E-state index contributed by atoms with van der Waals surface area (Å²) in [4.78, 5) is 14.4. The van der Waals surface area contributed by atoms with Gasteiger partial charge in [-0.25, -0.2) is 4.79 Å². The summed E-state index contributed by atoms with van der Waals surface area (Å²) in [6.07, 6.45) is 0.590. The first-order valence-electron chi connectivity index (χ1n) is 3.20. The molecule has 1 atom stereocenters. The van der Waals surface area contributed by atoms with Gasteiger partial charge in [0.15, 0.2) is 0 Å². The molecule has 0 saturated heterocycles. The van der Waals surface area contributed by atoms with Crippen LogP contribution in [0.5, 0.6) is 0 Å². The lowest BCUT2D eigenvalue weighted by molar-refractivity contribution is -0.139. The van der Waals surface area contributed by atoms with Crippen molar-refractivity contribution >= 4 is 24.2 Å². The number of hydrogen-bond donors (Lipinski definition) is 2. The maximum absolute atomic E-state index is 10.4. The van der Waals surface area contributed by atoms with Crippen LogP contribution in [0.2, 0.25) is 0 Å². The predicted molar refractivity (Wildman–Crippen MR) is 44.4 cm³/mol. The second-order valence-corrected chi connectivity index (χ2v) is 2.29. The minimum Gasteiger partial charge on any atom is -0.480 e. The number of aliphatic imine (C=N–C) groups is 1. The number of carbonyl (C=O) groups is 1. The highest BCUT2D eigenvalue weighted by Crippen LogP contribution is 1.98. The van der Waals surface area contributed by atoms with Crippen molar-refractivity contribution in [1.29, 1.82) is 0 Å². The Morgan fingerprint density at radius 1 is 1.82 bits per heavy atom. The maximum atomic E-state index is 10.4. The third-order valence-corrected chi connectivity index (χ3v) is 1.45. The van der Waals surface area contributed by atoms with Gasteiger partial charge in [-0.05, 0) is 13.3 Å². The summed E-state index contributed by atoms with van der Waals surface area (Å²) >= 11 is 0. The molecule has 1 rings (SSSR count). The van der Waals surface area contributed by atoms with Crippen LogP contribution in [0.1, 0.15) is 13.3 Å². The van der Waals surface area contributed by atoms with Gasteiger partial charge in [0.1, 0.15) is 6.04 Å². The second kappa shape index (κ2) is 4.18. The molecule has 0 aromatic heterocycles. The fourth-order valence-electron chi connectivity index (χ4n) is 0.917. The van der Waals surface area contributed by atoms with Crippen molar-refractivity contribution in [2.75, 3.05) is 6.54 Å². The highest BCUT2D eigenvalue weighted by Gasteiger charge is 2.19. The van der Waals surface area contributed by atoms with Gasteiger partial charge in [-0.1, -0.05) is 0 Å². The van der Waals surface area contributed by atoms with Gasteiger partial charge in [0.2, 0.25) is 0 Å². The Bertz CT molecular complexity index is 181. The first kappa shape index (κ1) is 10.2. The van der Waals surface area contributed by atoms with E-state index in [4.69, 9.17) is 5.11 Å². The maximum Gasteiger partial charge on any atom is 0.326 e. The van der Waals surface area contributed by atoms with Crippen molar-refractivity contribution in [3.05, 3.63) is 0 Å². The number of nitrogens with zero attached hydrogens (tertiary/aromatic N) is 1.